The summed E-state index contributed by atoms with van der Waals surface area (Å²) in [5, 5.41) is 18.4. The zero-order chi connectivity index (χ0) is 11.3. The van der Waals surface area contributed by atoms with Crippen molar-refractivity contribution in [2.45, 2.75) is 58.0 Å². The maximum atomic E-state index is 9.57. The van der Waals surface area contributed by atoms with Gasteiger partial charge in [0.05, 0.1) is 17.6 Å². The molecule has 84 valence electrons. The highest BCUT2D eigenvalue weighted by Crippen LogP contribution is 2.27. The van der Waals surface area contributed by atoms with Crippen molar-refractivity contribution in [2.24, 2.45) is 5.92 Å². The molecule has 1 rings (SSSR count). The van der Waals surface area contributed by atoms with Gasteiger partial charge in [0.25, 0.3) is 0 Å². The summed E-state index contributed by atoms with van der Waals surface area (Å²) >= 11 is 0. The molecule has 0 saturated heterocycles. The van der Waals surface area contributed by atoms with Gasteiger partial charge < -0.3 is 5.11 Å². The molecular formula is C13H21NO. The Kier molecular flexibility index (Phi) is 4.35. The lowest BCUT2D eigenvalue weighted by Crippen LogP contribution is -2.18. The molecule has 0 aromatic rings. The van der Waals surface area contributed by atoms with Crippen LogP contribution in [0.1, 0.15) is 52.4 Å². The van der Waals surface area contributed by atoms with E-state index in [0.717, 1.165) is 38.5 Å². The minimum absolute atomic E-state index is 0.229. The largest absolute Gasteiger partial charge is 0.390 e. The van der Waals surface area contributed by atoms with Crippen LogP contribution in [0.15, 0.2) is 11.6 Å². The van der Waals surface area contributed by atoms with Crippen LogP contribution in [0.5, 0.6) is 0 Å². The molecule has 0 spiro atoms. The van der Waals surface area contributed by atoms with Crippen molar-refractivity contribution in [1.29, 1.82) is 5.26 Å². The first-order valence-corrected chi connectivity index (χ1v) is 5.81. The molecule has 0 radical (unpaired) electrons. The van der Waals surface area contributed by atoms with Crippen molar-refractivity contribution in [3.05, 3.63) is 11.6 Å². The zero-order valence-electron chi connectivity index (χ0n) is 9.79. The molecule has 1 aliphatic carbocycles. The van der Waals surface area contributed by atoms with Crippen LogP contribution < -0.4 is 0 Å². The molecule has 0 aromatic heterocycles. The van der Waals surface area contributed by atoms with Crippen molar-refractivity contribution < 1.29 is 5.11 Å². The summed E-state index contributed by atoms with van der Waals surface area (Å²) < 4.78 is 0. The highest BCUT2D eigenvalue weighted by molar-refractivity contribution is 5.10. The molecular weight excluding hydrogens is 186 g/mol. The quantitative estimate of drug-likeness (QED) is 0.719. The second-order valence-electron chi connectivity index (χ2n) is 5.14. The number of nitriles is 1. The first-order valence-electron chi connectivity index (χ1n) is 5.81. The van der Waals surface area contributed by atoms with Gasteiger partial charge in [-0.15, -0.1) is 0 Å². The molecule has 2 nitrogen and oxygen atoms in total. The van der Waals surface area contributed by atoms with E-state index in [4.69, 9.17) is 5.26 Å². The van der Waals surface area contributed by atoms with Crippen LogP contribution in [0.3, 0.4) is 0 Å². The van der Waals surface area contributed by atoms with E-state index in [1.54, 1.807) is 0 Å². The van der Waals surface area contributed by atoms with Gasteiger partial charge in [0, 0.05) is 0 Å². The third kappa shape index (κ3) is 4.99. The predicted molar refractivity (Wildman–Crippen MR) is 61.2 cm³/mol. The van der Waals surface area contributed by atoms with Gasteiger partial charge in [-0.05, 0) is 52.4 Å². The standard InChI is InChI=1S/C13H21NO/c1-13(2,15)8-4-7-11-5-3-6-12(9-11)10-14/h5,12,15H,3-4,6-9H2,1-2H3. The molecule has 1 unspecified atom stereocenters. The summed E-state index contributed by atoms with van der Waals surface area (Å²) in [6.07, 6.45) is 8.19. The monoisotopic (exact) mass is 207 g/mol. The average molecular weight is 207 g/mol. The predicted octanol–water partition coefficient (Wildman–Crippen LogP) is 3.18. The van der Waals surface area contributed by atoms with Crippen LogP contribution in [0.4, 0.5) is 0 Å². The van der Waals surface area contributed by atoms with Gasteiger partial charge in [-0.3, -0.25) is 0 Å². The van der Waals surface area contributed by atoms with Crippen molar-refractivity contribution >= 4 is 0 Å². The van der Waals surface area contributed by atoms with Crippen LogP contribution in [0.25, 0.3) is 0 Å². The Morgan fingerprint density at radius 3 is 2.93 bits per heavy atom. The molecule has 0 bridgehead atoms. The van der Waals surface area contributed by atoms with E-state index in [2.05, 4.69) is 12.1 Å². The van der Waals surface area contributed by atoms with Gasteiger partial charge in [-0.2, -0.15) is 5.26 Å². The molecule has 1 aliphatic rings. The topological polar surface area (TPSA) is 44.0 Å². The summed E-state index contributed by atoms with van der Waals surface area (Å²) in [5.74, 6) is 0.229. The Labute approximate surface area is 92.6 Å². The zero-order valence-corrected chi connectivity index (χ0v) is 9.79. The third-order valence-corrected chi connectivity index (χ3v) is 2.93. The number of hydrogen-bond acceptors (Lipinski definition) is 2. The van der Waals surface area contributed by atoms with Gasteiger partial charge in [-0.25, -0.2) is 0 Å². The Hall–Kier alpha value is -0.810. The van der Waals surface area contributed by atoms with Crippen LogP contribution in [-0.4, -0.2) is 10.7 Å². The van der Waals surface area contributed by atoms with Crippen molar-refractivity contribution in [1.82, 2.24) is 0 Å². The molecule has 0 aromatic carbocycles. The molecule has 2 heteroatoms. The fourth-order valence-corrected chi connectivity index (χ4v) is 2.05. The Bertz CT molecular complexity index is 267. The first kappa shape index (κ1) is 12.3. The normalized spacial score (nSPS) is 22.0. The van der Waals surface area contributed by atoms with E-state index in [9.17, 15) is 5.11 Å². The smallest absolute Gasteiger partial charge is 0.0659 e. The SMILES string of the molecule is CC(C)(O)CCCC1=CCCC(C#N)C1. The Morgan fingerprint density at radius 2 is 2.33 bits per heavy atom. The lowest BCUT2D eigenvalue weighted by atomic mass is 9.87. The number of aliphatic hydroxyl groups is 1. The van der Waals surface area contributed by atoms with Gasteiger partial charge in [-0.1, -0.05) is 11.6 Å². The molecule has 1 atom stereocenters. The summed E-state index contributed by atoms with van der Waals surface area (Å²) in [4.78, 5) is 0. The van der Waals surface area contributed by atoms with E-state index in [1.165, 1.54) is 5.57 Å². The fourth-order valence-electron chi connectivity index (χ4n) is 2.05. The summed E-state index contributed by atoms with van der Waals surface area (Å²) in [7, 11) is 0. The molecule has 0 fully saturated rings. The van der Waals surface area contributed by atoms with E-state index in [-0.39, 0.29) is 5.92 Å². The molecule has 15 heavy (non-hydrogen) atoms. The van der Waals surface area contributed by atoms with Gasteiger partial charge >= 0.3 is 0 Å². The minimum atomic E-state index is -0.552. The van der Waals surface area contributed by atoms with Crippen LogP contribution in [0, 0.1) is 17.2 Å². The molecule has 0 heterocycles. The van der Waals surface area contributed by atoms with Gasteiger partial charge in [0.2, 0.25) is 0 Å². The summed E-state index contributed by atoms with van der Waals surface area (Å²) in [6, 6.07) is 2.35. The summed E-state index contributed by atoms with van der Waals surface area (Å²) in [6.45, 7) is 3.70. The third-order valence-electron chi connectivity index (χ3n) is 2.93. The number of rotatable bonds is 4. The second kappa shape index (κ2) is 5.32. The molecule has 1 N–H and O–H groups in total. The highest BCUT2D eigenvalue weighted by Gasteiger charge is 2.16. The van der Waals surface area contributed by atoms with Crippen LogP contribution in [0.2, 0.25) is 0 Å². The maximum absolute atomic E-state index is 9.57. The molecule has 0 saturated carbocycles. The van der Waals surface area contributed by atoms with Crippen LogP contribution >= 0.6 is 0 Å². The second-order valence-corrected chi connectivity index (χ2v) is 5.14. The van der Waals surface area contributed by atoms with Crippen LogP contribution in [-0.2, 0) is 0 Å². The van der Waals surface area contributed by atoms with Gasteiger partial charge in [0.1, 0.15) is 0 Å². The molecule has 0 amide bonds. The van der Waals surface area contributed by atoms with E-state index in [0.29, 0.717) is 0 Å². The van der Waals surface area contributed by atoms with Crippen molar-refractivity contribution in [3.8, 4) is 6.07 Å². The van der Waals surface area contributed by atoms with E-state index >= 15 is 0 Å². The average Bonchev–Trinajstić information content (AvgIpc) is 2.16. The van der Waals surface area contributed by atoms with Crippen molar-refractivity contribution in [2.75, 3.05) is 0 Å². The Morgan fingerprint density at radius 1 is 1.60 bits per heavy atom. The fraction of sp³-hybridized carbons (Fsp3) is 0.769. The van der Waals surface area contributed by atoms with Gasteiger partial charge in [0.15, 0.2) is 0 Å². The number of allylic oxidation sites excluding steroid dienone is 2. The van der Waals surface area contributed by atoms with E-state index < -0.39 is 5.60 Å². The first-order chi connectivity index (χ1) is 7.01. The minimum Gasteiger partial charge on any atom is -0.390 e. The summed E-state index contributed by atoms with van der Waals surface area (Å²) in [5.41, 5.74) is 0.862. The number of nitrogens with zero attached hydrogens (tertiary/aromatic N) is 1. The number of hydrogen-bond donors (Lipinski definition) is 1. The molecule has 0 aliphatic heterocycles. The lowest BCUT2D eigenvalue weighted by molar-refractivity contribution is 0.0688. The Balaban J connectivity index is 2.28. The van der Waals surface area contributed by atoms with E-state index in [1.807, 2.05) is 13.8 Å². The maximum Gasteiger partial charge on any atom is 0.0659 e. The van der Waals surface area contributed by atoms with Crippen molar-refractivity contribution in [3.63, 3.8) is 0 Å². The lowest BCUT2D eigenvalue weighted by Gasteiger charge is -2.20. The highest BCUT2D eigenvalue weighted by atomic mass is 16.3.